The van der Waals surface area contributed by atoms with Crippen molar-refractivity contribution in [2.24, 2.45) is 5.92 Å². The minimum atomic E-state index is -0.315. The molecule has 1 N–H and O–H groups in total. The third-order valence-electron chi connectivity index (χ3n) is 4.63. The fourth-order valence-corrected chi connectivity index (χ4v) is 4.06. The zero-order chi connectivity index (χ0) is 15.0. The summed E-state index contributed by atoms with van der Waals surface area (Å²) in [6, 6.07) is 2.15. The summed E-state index contributed by atoms with van der Waals surface area (Å²) in [7, 11) is 3.71. The number of ether oxygens (including phenoxy) is 1. The highest BCUT2D eigenvalue weighted by atomic mass is 32.1. The highest BCUT2D eigenvalue weighted by Crippen LogP contribution is 2.42. The van der Waals surface area contributed by atoms with Crippen molar-refractivity contribution in [2.45, 2.75) is 45.1 Å². The number of nitrogens with one attached hydrogen (secondary N) is 1. The molecule has 1 saturated carbocycles. The zero-order valence-corrected chi connectivity index (χ0v) is 14.0. The number of aromatic nitrogens is 2. The number of rotatable bonds is 3. The normalized spacial score (nSPS) is 26.2. The molecular formula is C16H23N3OS. The van der Waals surface area contributed by atoms with E-state index >= 15 is 0 Å². The second kappa shape index (κ2) is 5.54. The first-order chi connectivity index (χ1) is 10.1. The van der Waals surface area contributed by atoms with Gasteiger partial charge in [0.1, 0.15) is 16.2 Å². The molecule has 1 aliphatic rings. The van der Waals surface area contributed by atoms with Gasteiger partial charge >= 0.3 is 0 Å². The highest BCUT2D eigenvalue weighted by molar-refractivity contribution is 7.18. The second-order valence-corrected chi connectivity index (χ2v) is 7.34. The Labute approximate surface area is 129 Å². The van der Waals surface area contributed by atoms with Gasteiger partial charge in [0.15, 0.2) is 5.82 Å². The summed E-state index contributed by atoms with van der Waals surface area (Å²) in [5.74, 6) is 2.52. The standard InChI is InChI=1S/C16H23N3OS/c1-10-5-7-16(20-4,8-6-10)15-18-13(17-3)12-9-11(2)21-14(12)19-15/h9-10H,5-8H2,1-4H3,(H,17,18,19). The molecule has 21 heavy (non-hydrogen) atoms. The maximum atomic E-state index is 5.92. The second-order valence-electron chi connectivity index (χ2n) is 6.10. The van der Waals surface area contributed by atoms with Crippen molar-refractivity contribution in [1.29, 1.82) is 0 Å². The predicted molar refractivity (Wildman–Crippen MR) is 88.0 cm³/mol. The monoisotopic (exact) mass is 305 g/mol. The Kier molecular flexibility index (Phi) is 3.88. The van der Waals surface area contributed by atoms with E-state index in [0.29, 0.717) is 0 Å². The fourth-order valence-electron chi connectivity index (χ4n) is 3.18. The number of methoxy groups -OCH3 is 1. The molecule has 114 valence electrons. The minimum absolute atomic E-state index is 0.315. The summed E-state index contributed by atoms with van der Waals surface area (Å²) in [5.41, 5.74) is -0.315. The first-order valence-corrected chi connectivity index (χ1v) is 8.41. The third kappa shape index (κ3) is 2.53. The van der Waals surface area contributed by atoms with Gasteiger partial charge in [-0.2, -0.15) is 0 Å². The van der Waals surface area contributed by atoms with E-state index in [1.165, 1.54) is 17.7 Å². The van der Waals surface area contributed by atoms with Crippen LogP contribution in [0.5, 0.6) is 0 Å². The molecular weight excluding hydrogens is 282 g/mol. The van der Waals surface area contributed by atoms with Crippen molar-refractivity contribution < 1.29 is 4.74 Å². The largest absolute Gasteiger partial charge is 0.372 e. The molecule has 0 radical (unpaired) electrons. The van der Waals surface area contributed by atoms with Gasteiger partial charge in [0, 0.05) is 19.0 Å². The number of aryl methyl sites for hydroxylation is 1. The molecule has 1 fully saturated rings. The SMILES string of the molecule is CNc1nc(C2(OC)CCC(C)CC2)nc2sc(C)cc12. The molecule has 3 rings (SSSR count). The van der Waals surface area contributed by atoms with E-state index in [0.717, 1.165) is 40.6 Å². The van der Waals surface area contributed by atoms with Gasteiger partial charge in [0.05, 0.1) is 5.39 Å². The molecule has 0 bridgehead atoms. The van der Waals surface area contributed by atoms with E-state index in [4.69, 9.17) is 14.7 Å². The van der Waals surface area contributed by atoms with Crippen molar-refractivity contribution in [3.05, 3.63) is 16.8 Å². The predicted octanol–water partition coefficient (Wildman–Crippen LogP) is 4.09. The van der Waals surface area contributed by atoms with Crippen molar-refractivity contribution in [2.75, 3.05) is 19.5 Å². The van der Waals surface area contributed by atoms with Crippen LogP contribution >= 0.6 is 11.3 Å². The lowest BCUT2D eigenvalue weighted by atomic mass is 9.79. The van der Waals surface area contributed by atoms with E-state index in [2.05, 4.69) is 25.2 Å². The van der Waals surface area contributed by atoms with Gasteiger partial charge in [-0.15, -0.1) is 11.3 Å². The number of nitrogens with zero attached hydrogens (tertiary/aromatic N) is 2. The molecule has 0 aliphatic heterocycles. The van der Waals surface area contributed by atoms with Crippen molar-refractivity contribution in [3.63, 3.8) is 0 Å². The number of hydrogen-bond acceptors (Lipinski definition) is 5. The van der Waals surface area contributed by atoms with Gasteiger partial charge in [0.25, 0.3) is 0 Å². The van der Waals surface area contributed by atoms with Crippen LogP contribution in [0.15, 0.2) is 6.07 Å². The summed E-state index contributed by atoms with van der Waals surface area (Å²) in [5, 5.41) is 4.32. The summed E-state index contributed by atoms with van der Waals surface area (Å²) < 4.78 is 5.92. The minimum Gasteiger partial charge on any atom is -0.372 e. The fraction of sp³-hybridized carbons (Fsp3) is 0.625. The van der Waals surface area contributed by atoms with Gasteiger partial charge in [-0.1, -0.05) is 6.92 Å². The van der Waals surface area contributed by atoms with Gasteiger partial charge < -0.3 is 10.1 Å². The first-order valence-electron chi connectivity index (χ1n) is 7.59. The molecule has 2 aromatic heterocycles. The number of fused-ring (bicyclic) bond motifs is 1. The molecule has 0 unspecified atom stereocenters. The Morgan fingerprint density at radius 2 is 2.05 bits per heavy atom. The van der Waals surface area contributed by atoms with Crippen LogP contribution in [0.2, 0.25) is 0 Å². The molecule has 0 atom stereocenters. The summed E-state index contributed by atoms with van der Waals surface area (Å²) >= 11 is 1.72. The smallest absolute Gasteiger partial charge is 0.164 e. The Morgan fingerprint density at radius 1 is 1.33 bits per heavy atom. The van der Waals surface area contributed by atoms with Crippen LogP contribution < -0.4 is 5.32 Å². The Bertz CT molecular complexity index is 644. The number of hydrogen-bond donors (Lipinski definition) is 1. The molecule has 1 aliphatic carbocycles. The highest BCUT2D eigenvalue weighted by Gasteiger charge is 2.39. The lowest BCUT2D eigenvalue weighted by Crippen LogP contribution is -2.35. The van der Waals surface area contributed by atoms with Crippen LogP contribution in [0.25, 0.3) is 10.2 Å². The van der Waals surface area contributed by atoms with Crippen LogP contribution in [-0.4, -0.2) is 24.1 Å². The lowest BCUT2D eigenvalue weighted by Gasteiger charge is -2.37. The van der Waals surface area contributed by atoms with E-state index < -0.39 is 0 Å². The van der Waals surface area contributed by atoms with Gasteiger partial charge in [-0.3, -0.25) is 0 Å². The maximum Gasteiger partial charge on any atom is 0.164 e. The van der Waals surface area contributed by atoms with Crippen LogP contribution in [0.4, 0.5) is 5.82 Å². The van der Waals surface area contributed by atoms with Crippen LogP contribution in [0.3, 0.4) is 0 Å². The quantitative estimate of drug-likeness (QED) is 0.927. The Hall–Kier alpha value is -1.20. The summed E-state index contributed by atoms with van der Waals surface area (Å²) in [6.45, 7) is 4.42. The van der Waals surface area contributed by atoms with Gasteiger partial charge in [-0.25, -0.2) is 9.97 Å². The number of anilines is 1. The average molecular weight is 305 g/mol. The number of thiophene rings is 1. The molecule has 4 nitrogen and oxygen atoms in total. The van der Waals surface area contributed by atoms with Gasteiger partial charge in [0.2, 0.25) is 0 Å². The van der Waals surface area contributed by atoms with E-state index in [1.807, 2.05) is 7.05 Å². The van der Waals surface area contributed by atoms with E-state index in [-0.39, 0.29) is 5.60 Å². The van der Waals surface area contributed by atoms with Crippen molar-refractivity contribution in [3.8, 4) is 0 Å². The molecule has 2 heterocycles. The van der Waals surface area contributed by atoms with Crippen LogP contribution in [0.1, 0.15) is 43.3 Å². The molecule has 0 saturated heterocycles. The topological polar surface area (TPSA) is 47.0 Å². The molecule has 0 aromatic carbocycles. The third-order valence-corrected chi connectivity index (χ3v) is 5.58. The van der Waals surface area contributed by atoms with Crippen molar-refractivity contribution in [1.82, 2.24) is 9.97 Å². The van der Waals surface area contributed by atoms with Crippen LogP contribution in [-0.2, 0) is 10.3 Å². The van der Waals surface area contributed by atoms with E-state index in [1.54, 1.807) is 18.4 Å². The molecule has 2 aromatic rings. The molecule has 0 spiro atoms. The Morgan fingerprint density at radius 3 is 2.67 bits per heavy atom. The van der Waals surface area contributed by atoms with Gasteiger partial charge in [-0.05, 0) is 44.6 Å². The molecule has 0 amide bonds. The van der Waals surface area contributed by atoms with Crippen molar-refractivity contribution >= 4 is 27.4 Å². The van der Waals surface area contributed by atoms with E-state index in [9.17, 15) is 0 Å². The van der Waals surface area contributed by atoms with Crippen LogP contribution in [0, 0.1) is 12.8 Å². The first kappa shape index (κ1) is 14.7. The lowest BCUT2D eigenvalue weighted by molar-refractivity contribution is -0.0593. The maximum absolute atomic E-state index is 5.92. The molecule has 5 heteroatoms. The zero-order valence-electron chi connectivity index (χ0n) is 13.2. The average Bonchev–Trinajstić information content (AvgIpc) is 2.87. The summed E-state index contributed by atoms with van der Waals surface area (Å²) in [4.78, 5) is 11.9. The summed E-state index contributed by atoms with van der Waals surface area (Å²) in [6.07, 6.45) is 4.36. The Balaban J connectivity index is 2.10.